The van der Waals surface area contributed by atoms with E-state index in [9.17, 15) is 4.79 Å². The van der Waals surface area contributed by atoms with Gasteiger partial charge in [0.2, 0.25) is 0 Å². The molecule has 0 aromatic carbocycles. The van der Waals surface area contributed by atoms with Crippen molar-refractivity contribution >= 4 is 5.97 Å². The van der Waals surface area contributed by atoms with Gasteiger partial charge in [-0.3, -0.25) is 4.79 Å². The van der Waals surface area contributed by atoms with Crippen LogP contribution in [0.1, 0.15) is 45.4 Å². The molecule has 0 amide bonds. The molecule has 0 aromatic heterocycles. The van der Waals surface area contributed by atoms with Gasteiger partial charge in [-0.05, 0) is 25.2 Å². The molecular formula is C12H24N2O2. The van der Waals surface area contributed by atoms with E-state index < -0.39 is 12.0 Å². The predicted molar refractivity (Wildman–Crippen MR) is 64.3 cm³/mol. The van der Waals surface area contributed by atoms with Gasteiger partial charge in [-0.1, -0.05) is 26.2 Å². The second-order valence-electron chi connectivity index (χ2n) is 4.77. The van der Waals surface area contributed by atoms with E-state index in [4.69, 9.17) is 10.8 Å². The molecule has 0 heterocycles. The van der Waals surface area contributed by atoms with E-state index in [0.717, 1.165) is 6.42 Å². The molecule has 0 saturated heterocycles. The van der Waals surface area contributed by atoms with Gasteiger partial charge in [-0.2, -0.15) is 0 Å². The Kier molecular flexibility index (Phi) is 5.77. The van der Waals surface area contributed by atoms with E-state index in [0.29, 0.717) is 18.5 Å². The molecule has 0 aliphatic heterocycles. The van der Waals surface area contributed by atoms with Gasteiger partial charge in [0.1, 0.15) is 6.04 Å². The first kappa shape index (κ1) is 13.5. The fourth-order valence-electron chi connectivity index (χ4n) is 2.55. The smallest absolute Gasteiger partial charge is 0.321 e. The van der Waals surface area contributed by atoms with Gasteiger partial charge in [0.05, 0.1) is 0 Å². The Morgan fingerprint density at radius 3 is 2.56 bits per heavy atom. The van der Waals surface area contributed by atoms with E-state index in [1.807, 2.05) is 0 Å². The lowest BCUT2D eigenvalue weighted by Gasteiger charge is -2.30. The summed E-state index contributed by atoms with van der Waals surface area (Å²) in [6.07, 6.45) is 7.57. The molecule has 0 spiro atoms. The number of hydrogen-bond acceptors (Lipinski definition) is 3. The molecular weight excluding hydrogens is 204 g/mol. The van der Waals surface area contributed by atoms with Crippen LogP contribution in [0.15, 0.2) is 0 Å². The monoisotopic (exact) mass is 228 g/mol. The van der Waals surface area contributed by atoms with E-state index in [-0.39, 0.29) is 0 Å². The molecule has 1 fully saturated rings. The Balaban J connectivity index is 2.33. The molecule has 2 atom stereocenters. The summed E-state index contributed by atoms with van der Waals surface area (Å²) in [7, 11) is 0. The van der Waals surface area contributed by atoms with Crippen molar-refractivity contribution in [2.24, 2.45) is 11.7 Å². The van der Waals surface area contributed by atoms with Gasteiger partial charge >= 0.3 is 5.97 Å². The Labute approximate surface area is 97.6 Å². The van der Waals surface area contributed by atoms with Crippen molar-refractivity contribution in [2.45, 2.75) is 57.5 Å². The van der Waals surface area contributed by atoms with E-state index in [1.54, 1.807) is 0 Å². The maximum atomic E-state index is 10.6. The van der Waals surface area contributed by atoms with Gasteiger partial charge < -0.3 is 16.2 Å². The van der Waals surface area contributed by atoms with E-state index in [1.165, 1.54) is 32.1 Å². The van der Waals surface area contributed by atoms with Gasteiger partial charge in [0.15, 0.2) is 0 Å². The number of hydrogen-bond donors (Lipinski definition) is 3. The second kappa shape index (κ2) is 6.86. The van der Waals surface area contributed by atoms with E-state index >= 15 is 0 Å². The summed E-state index contributed by atoms with van der Waals surface area (Å²) in [4.78, 5) is 10.6. The number of nitrogens with two attached hydrogens (primary N) is 1. The van der Waals surface area contributed by atoms with Crippen LogP contribution in [-0.2, 0) is 4.79 Å². The molecule has 4 N–H and O–H groups in total. The SMILES string of the molecule is CCC(NCC(N)C(=O)O)C1CCCCC1. The molecule has 0 bridgehead atoms. The maximum absolute atomic E-state index is 10.6. The van der Waals surface area contributed by atoms with Crippen molar-refractivity contribution in [2.75, 3.05) is 6.54 Å². The summed E-state index contributed by atoms with van der Waals surface area (Å²) >= 11 is 0. The topological polar surface area (TPSA) is 75.3 Å². The average Bonchev–Trinajstić information content (AvgIpc) is 2.30. The van der Waals surface area contributed by atoms with Crippen molar-refractivity contribution in [3.8, 4) is 0 Å². The lowest BCUT2D eigenvalue weighted by atomic mass is 9.83. The number of nitrogens with one attached hydrogen (secondary N) is 1. The van der Waals surface area contributed by atoms with Gasteiger partial charge in [-0.25, -0.2) is 0 Å². The number of carboxylic acid groups (broad SMARTS) is 1. The number of carbonyl (C=O) groups is 1. The van der Waals surface area contributed by atoms with Crippen LogP contribution in [0.3, 0.4) is 0 Å². The Hall–Kier alpha value is -0.610. The van der Waals surface area contributed by atoms with Crippen LogP contribution in [0.25, 0.3) is 0 Å². The van der Waals surface area contributed by atoms with Crippen molar-refractivity contribution in [3.63, 3.8) is 0 Å². The van der Waals surface area contributed by atoms with Crippen LogP contribution in [-0.4, -0.2) is 29.7 Å². The number of aliphatic carboxylic acids is 1. The average molecular weight is 228 g/mol. The van der Waals surface area contributed by atoms with Crippen molar-refractivity contribution < 1.29 is 9.90 Å². The lowest BCUT2D eigenvalue weighted by molar-refractivity contribution is -0.138. The van der Waals surface area contributed by atoms with Crippen LogP contribution in [0, 0.1) is 5.92 Å². The van der Waals surface area contributed by atoms with Crippen LogP contribution in [0.5, 0.6) is 0 Å². The van der Waals surface area contributed by atoms with Crippen LogP contribution >= 0.6 is 0 Å². The summed E-state index contributed by atoms with van der Waals surface area (Å²) in [5.41, 5.74) is 5.49. The molecule has 1 saturated carbocycles. The van der Waals surface area contributed by atoms with Crippen LogP contribution in [0.4, 0.5) is 0 Å². The lowest BCUT2D eigenvalue weighted by Crippen LogP contribution is -2.46. The third-order valence-electron chi connectivity index (χ3n) is 3.58. The van der Waals surface area contributed by atoms with Gasteiger partial charge in [-0.15, -0.1) is 0 Å². The summed E-state index contributed by atoms with van der Waals surface area (Å²) in [6, 6.07) is -0.344. The molecule has 0 aromatic rings. The van der Waals surface area contributed by atoms with E-state index in [2.05, 4.69) is 12.2 Å². The fourth-order valence-corrected chi connectivity index (χ4v) is 2.55. The normalized spacial score (nSPS) is 21.6. The Morgan fingerprint density at radius 1 is 1.44 bits per heavy atom. The first-order valence-corrected chi connectivity index (χ1v) is 6.37. The summed E-state index contributed by atoms with van der Waals surface area (Å²) in [5, 5.41) is 12.0. The Bertz CT molecular complexity index is 215. The molecule has 2 unspecified atom stereocenters. The molecule has 1 rings (SSSR count). The highest BCUT2D eigenvalue weighted by Gasteiger charge is 2.23. The molecule has 16 heavy (non-hydrogen) atoms. The summed E-state index contributed by atoms with van der Waals surface area (Å²) in [6.45, 7) is 2.53. The van der Waals surface area contributed by atoms with Gasteiger partial charge in [0, 0.05) is 12.6 Å². The third-order valence-corrected chi connectivity index (χ3v) is 3.58. The zero-order valence-corrected chi connectivity index (χ0v) is 10.1. The summed E-state index contributed by atoms with van der Waals surface area (Å²) in [5.74, 6) is -0.217. The zero-order valence-electron chi connectivity index (χ0n) is 10.1. The van der Waals surface area contributed by atoms with Crippen LogP contribution < -0.4 is 11.1 Å². The van der Waals surface area contributed by atoms with Crippen molar-refractivity contribution in [1.29, 1.82) is 0 Å². The minimum atomic E-state index is -0.925. The first-order valence-electron chi connectivity index (χ1n) is 6.37. The number of rotatable bonds is 6. The minimum Gasteiger partial charge on any atom is -0.480 e. The molecule has 1 aliphatic carbocycles. The zero-order chi connectivity index (χ0) is 12.0. The molecule has 0 radical (unpaired) electrons. The first-order chi connectivity index (χ1) is 7.65. The fraction of sp³-hybridized carbons (Fsp3) is 0.917. The molecule has 4 heteroatoms. The largest absolute Gasteiger partial charge is 0.480 e. The highest BCUT2D eigenvalue weighted by molar-refractivity contribution is 5.73. The third kappa shape index (κ3) is 4.10. The van der Waals surface area contributed by atoms with Crippen molar-refractivity contribution in [3.05, 3.63) is 0 Å². The second-order valence-corrected chi connectivity index (χ2v) is 4.77. The molecule has 4 nitrogen and oxygen atoms in total. The maximum Gasteiger partial charge on any atom is 0.321 e. The highest BCUT2D eigenvalue weighted by Crippen LogP contribution is 2.27. The highest BCUT2D eigenvalue weighted by atomic mass is 16.4. The predicted octanol–water partition coefficient (Wildman–Crippen LogP) is 1.35. The molecule has 94 valence electrons. The Morgan fingerprint density at radius 2 is 2.06 bits per heavy atom. The van der Waals surface area contributed by atoms with Gasteiger partial charge in [0.25, 0.3) is 0 Å². The quantitative estimate of drug-likeness (QED) is 0.641. The van der Waals surface area contributed by atoms with Crippen LogP contribution in [0.2, 0.25) is 0 Å². The van der Waals surface area contributed by atoms with Crippen molar-refractivity contribution in [1.82, 2.24) is 5.32 Å². The summed E-state index contributed by atoms with van der Waals surface area (Å²) < 4.78 is 0. The minimum absolute atomic E-state index is 0.379. The standard InChI is InChI=1S/C12H24N2O2/c1-2-11(9-6-4-3-5-7-9)14-8-10(13)12(15)16/h9-11,14H,2-8,13H2,1H3,(H,15,16). The number of carboxylic acids is 1. The molecule has 1 aliphatic rings.